The minimum atomic E-state index is -0.440. The second-order valence-corrected chi connectivity index (χ2v) is 3.18. The molecule has 3 N–H and O–H groups in total. The minimum absolute atomic E-state index is 0.00250. The van der Waals surface area contributed by atoms with Crippen molar-refractivity contribution in [1.82, 2.24) is 5.32 Å². The fraction of sp³-hybridized carbons (Fsp3) is 0.400. The normalized spacial score (nSPS) is 12.9. The summed E-state index contributed by atoms with van der Waals surface area (Å²) in [6.07, 6.45) is 0. The van der Waals surface area contributed by atoms with E-state index in [0.29, 0.717) is 11.1 Å². The van der Waals surface area contributed by atoms with Gasteiger partial charge in [-0.2, -0.15) is 0 Å². The van der Waals surface area contributed by atoms with Crippen LogP contribution in [0.5, 0.6) is 5.75 Å². The maximum absolute atomic E-state index is 13.2. The van der Waals surface area contributed by atoms with E-state index in [2.05, 4.69) is 5.32 Å². The Hall–Kier alpha value is -1.13. The second kappa shape index (κ2) is 4.39. The maximum Gasteiger partial charge on any atom is 0.126 e. The number of hydrogen-bond donors (Lipinski definition) is 3. The first kappa shape index (κ1) is 10.9. The molecule has 0 aliphatic heterocycles. The lowest BCUT2D eigenvalue weighted by Crippen LogP contribution is -2.20. The number of rotatable bonds is 3. The zero-order valence-electron chi connectivity index (χ0n) is 8.21. The molecule has 0 spiro atoms. The molecule has 0 bridgehead atoms. The molecule has 0 aromatic heterocycles. The Morgan fingerprint density at radius 3 is 2.64 bits per heavy atom. The number of halogens is 1. The van der Waals surface area contributed by atoms with Crippen molar-refractivity contribution in [2.24, 2.45) is 0 Å². The zero-order valence-corrected chi connectivity index (χ0v) is 8.21. The van der Waals surface area contributed by atoms with Crippen molar-refractivity contribution in [2.45, 2.75) is 13.0 Å². The van der Waals surface area contributed by atoms with Crippen LogP contribution in [0.4, 0.5) is 4.39 Å². The standard InChI is InChI=1S/C10H14FNO2/c1-6-3-10(14)7(4-8(6)11)9(5-13)12-2/h3-4,9,12-14H,5H2,1-2H3/t9-/m1/s1. The predicted molar refractivity (Wildman–Crippen MR) is 51.7 cm³/mol. The van der Waals surface area contributed by atoms with Gasteiger partial charge in [0.05, 0.1) is 12.6 Å². The Morgan fingerprint density at radius 1 is 1.50 bits per heavy atom. The molecule has 0 aliphatic rings. The summed E-state index contributed by atoms with van der Waals surface area (Å²) in [4.78, 5) is 0. The van der Waals surface area contributed by atoms with E-state index in [9.17, 15) is 9.50 Å². The smallest absolute Gasteiger partial charge is 0.126 e. The monoisotopic (exact) mass is 199 g/mol. The second-order valence-electron chi connectivity index (χ2n) is 3.18. The van der Waals surface area contributed by atoms with Gasteiger partial charge in [-0.1, -0.05) is 0 Å². The highest BCUT2D eigenvalue weighted by Gasteiger charge is 2.14. The molecule has 1 aromatic rings. The van der Waals surface area contributed by atoms with E-state index in [1.165, 1.54) is 12.1 Å². The van der Waals surface area contributed by atoms with Crippen LogP contribution in [-0.4, -0.2) is 23.9 Å². The number of phenolic OH excluding ortho intramolecular Hbond substituents is 1. The molecule has 0 saturated carbocycles. The Morgan fingerprint density at radius 2 is 2.14 bits per heavy atom. The number of aliphatic hydroxyl groups is 1. The number of phenols is 1. The van der Waals surface area contributed by atoms with Crippen LogP contribution in [0, 0.1) is 12.7 Å². The first-order chi connectivity index (χ1) is 6.60. The molecule has 0 aliphatic carbocycles. The summed E-state index contributed by atoms with van der Waals surface area (Å²) in [6.45, 7) is 1.39. The van der Waals surface area contributed by atoms with Gasteiger partial charge >= 0.3 is 0 Å². The van der Waals surface area contributed by atoms with Crippen LogP contribution in [0.15, 0.2) is 12.1 Å². The average Bonchev–Trinajstić information content (AvgIpc) is 2.15. The molecule has 0 unspecified atom stereocenters. The van der Waals surface area contributed by atoms with Crippen molar-refractivity contribution in [1.29, 1.82) is 0 Å². The summed E-state index contributed by atoms with van der Waals surface area (Å²) in [7, 11) is 1.64. The molecular formula is C10H14FNO2. The SMILES string of the molecule is CN[C@H](CO)c1cc(F)c(C)cc1O. The molecule has 0 fully saturated rings. The Bertz CT molecular complexity index is 324. The Balaban J connectivity index is 3.14. The minimum Gasteiger partial charge on any atom is -0.508 e. The van der Waals surface area contributed by atoms with E-state index in [4.69, 9.17) is 5.11 Å². The van der Waals surface area contributed by atoms with Gasteiger partial charge < -0.3 is 15.5 Å². The van der Waals surface area contributed by atoms with Gasteiger partial charge in [-0.25, -0.2) is 4.39 Å². The van der Waals surface area contributed by atoms with Crippen LogP contribution >= 0.6 is 0 Å². The van der Waals surface area contributed by atoms with Gasteiger partial charge in [0, 0.05) is 5.56 Å². The molecular weight excluding hydrogens is 185 g/mol. The van der Waals surface area contributed by atoms with Crippen LogP contribution in [0.1, 0.15) is 17.2 Å². The summed E-state index contributed by atoms with van der Waals surface area (Å²) >= 11 is 0. The van der Waals surface area contributed by atoms with E-state index in [-0.39, 0.29) is 18.2 Å². The van der Waals surface area contributed by atoms with E-state index in [1.807, 2.05) is 0 Å². The lowest BCUT2D eigenvalue weighted by molar-refractivity contribution is 0.247. The molecule has 0 heterocycles. The molecule has 0 amide bonds. The quantitative estimate of drug-likeness (QED) is 0.683. The molecule has 1 atom stereocenters. The highest BCUT2D eigenvalue weighted by atomic mass is 19.1. The number of hydrogen-bond acceptors (Lipinski definition) is 3. The van der Waals surface area contributed by atoms with Gasteiger partial charge in [-0.05, 0) is 31.7 Å². The summed E-state index contributed by atoms with van der Waals surface area (Å²) in [5.74, 6) is -0.385. The van der Waals surface area contributed by atoms with Crippen LogP contribution in [-0.2, 0) is 0 Å². The fourth-order valence-electron chi connectivity index (χ4n) is 1.31. The maximum atomic E-state index is 13.2. The van der Waals surface area contributed by atoms with Crippen molar-refractivity contribution in [3.8, 4) is 5.75 Å². The predicted octanol–water partition coefficient (Wildman–Crippen LogP) is 1.09. The lowest BCUT2D eigenvalue weighted by Gasteiger charge is -2.15. The largest absolute Gasteiger partial charge is 0.508 e. The van der Waals surface area contributed by atoms with E-state index < -0.39 is 6.04 Å². The third-order valence-electron chi connectivity index (χ3n) is 2.21. The van der Waals surface area contributed by atoms with Crippen molar-refractivity contribution >= 4 is 0 Å². The number of aliphatic hydroxyl groups excluding tert-OH is 1. The topological polar surface area (TPSA) is 52.5 Å². The van der Waals surface area contributed by atoms with Gasteiger partial charge in [0.2, 0.25) is 0 Å². The Kier molecular flexibility index (Phi) is 3.43. The molecule has 78 valence electrons. The summed E-state index contributed by atoms with van der Waals surface area (Å²) in [6, 6.07) is 2.15. The van der Waals surface area contributed by atoms with Crippen molar-refractivity contribution < 1.29 is 14.6 Å². The first-order valence-corrected chi connectivity index (χ1v) is 4.37. The zero-order chi connectivity index (χ0) is 10.7. The summed E-state index contributed by atoms with van der Waals surface area (Å²) in [5, 5.41) is 21.3. The molecule has 1 rings (SSSR count). The van der Waals surface area contributed by atoms with E-state index >= 15 is 0 Å². The molecule has 0 saturated heterocycles. The summed E-state index contributed by atoms with van der Waals surface area (Å²) in [5.41, 5.74) is 0.761. The van der Waals surface area contributed by atoms with Gasteiger partial charge in [-0.3, -0.25) is 0 Å². The molecule has 4 heteroatoms. The highest BCUT2D eigenvalue weighted by molar-refractivity contribution is 5.39. The van der Waals surface area contributed by atoms with Gasteiger partial charge in [0.15, 0.2) is 0 Å². The van der Waals surface area contributed by atoms with Crippen LogP contribution in [0.3, 0.4) is 0 Å². The van der Waals surface area contributed by atoms with Crippen LogP contribution < -0.4 is 5.32 Å². The van der Waals surface area contributed by atoms with E-state index in [1.54, 1.807) is 14.0 Å². The van der Waals surface area contributed by atoms with Crippen molar-refractivity contribution in [3.05, 3.63) is 29.1 Å². The molecule has 0 radical (unpaired) electrons. The third-order valence-corrected chi connectivity index (χ3v) is 2.21. The van der Waals surface area contributed by atoms with Crippen molar-refractivity contribution in [2.75, 3.05) is 13.7 Å². The number of likely N-dealkylation sites (N-methyl/N-ethyl adjacent to an activating group) is 1. The molecule has 1 aromatic carbocycles. The summed E-state index contributed by atoms with van der Waals surface area (Å²) < 4.78 is 13.2. The fourth-order valence-corrected chi connectivity index (χ4v) is 1.31. The first-order valence-electron chi connectivity index (χ1n) is 4.37. The number of aromatic hydroxyl groups is 1. The van der Waals surface area contributed by atoms with E-state index in [0.717, 1.165) is 0 Å². The van der Waals surface area contributed by atoms with Crippen molar-refractivity contribution in [3.63, 3.8) is 0 Å². The highest BCUT2D eigenvalue weighted by Crippen LogP contribution is 2.26. The average molecular weight is 199 g/mol. The lowest BCUT2D eigenvalue weighted by atomic mass is 10.0. The number of benzene rings is 1. The number of aryl methyl sites for hydroxylation is 1. The Labute approximate surface area is 82.2 Å². The molecule has 3 nitrogen and oxygen atoms in total. The molecule has 14 heavy (non-hydrogen) atoms. The third kappa shape index (κ3) is 2.02. The van der Waals surface area contributed by atoms with Gasteiger partial charge in [0.25, 0.3) is 0 Å². The van der Waals surface area contributed by atoms with Crippen LogP contribution in [0.2, 0.25) is 0 Å². The van der Waals surface area contributed by atoms with Gasteiger partial charge in [0.1, 0.15) is 11.6 Å². The van der Waals surface area contributed by atoms with Crippen LogP contribution in [0.25, 0.3) is 0 Å². The number of nitrogens with one attached hydrogen (secondary N) is 1. The van der Waals surface area contributed by atoms with Gasteiger partial charge in [-0.15, -0.1) is 0 Å².